The fourth-order valence-electron chi connectivity index (χ4n) is 2.08. The van der Waals surface area contributed by atoms with Gasteiger partial charge in [0.15, 0.2) is 0 Å². The molecule has 0 unspecified atom stereocenters. The maximum absolute atomic E-state index is 3.36. The Morgan fingerprint density at radius 3 is 2.81 bits per heavy atom. The van der Waals surface area contributed by atoms with E-state index >= 15 is 0 Å². The average Bonchev–Trinajstić information content (AvgIpc) is 2.82. The Hall–Kier alpha value is -1.12. The Balaban J connectivity index is 1.91. The van der Waals surface area contributed by atoms with Gasteiger partial charge in [0.1, 0.15) is 0 Å². The predicted octanol–water partition coefficient (Wildman–Crippen LogP) is 2.04. The van der Waals surface area contributed by atoms with Crippen LogP contribution in [0.3, 0.4) is 0 Å². The first kappa shape index (κ1) is 11.4. The lowest BCUT2D eigenvalue weighted by Gasteiger charge is -2.16. The van der Waals surface area contributed by atoms with E-state index in [0.29, 0.717) is 0 Å². The SMILES string of the molecule is C/C=C(/Cc1ccccc1)CN1CCNC1. The first-order chi connectivity index (χ1) is 7.88. The van der Waals surface area contributed by atoms with Crippen molar-refractivity contribution in [1.82, 2.24) is 10.2 Å². The normalized spacial score (nSPS) is 17.9. The number of allylic oxidation sites excluding steroid dienone is 1. The van der Waals surface area contributed by atoms with Gasteiger partial charge in [-0.1, -0.05) is 42.0 Å². The third kappa shape index (κ3) is 3.19. The van der Waals surface area contributed by atoms with Gasteiger partial charge in [0.05, 0.1) is 0 Å². The molecule has 0 aromatic heterocycles. The van der Waals surface area contributed by atoms with Crippen molar-refractivity contribution >= 4 is 0 Å². The van der Waals surface area contributed by atoms with Gasteiger partial charge >= 0.3 is 0 Å². The molecule has 0 saturated carbocycles. The molecule has 0 spiro atoms. The van der Waals surface area contributed by atoms with E-state index in [0.717, 1.165) is 26.2 Å². The highest BCUT2D eigenvalue weighted by molar-refractivity contribution is 5.22. The van der Waals surface area contributed by atoms with E-state index in [-0.39, 0.29) is 0 Å². The average molecular weight is 216 g/mol. The third-order valence-electron chi connectivity index (χ3n) is 3.05. The molecular weight excluding hydrogens is 196 g/mol. The van der Waals surface area contributed by atoms with Crippen molar-refractivity contribution in [3.63, 3.8) is 0 Å². The van der Waals surface area contributed by atoms with Crippen molar-refractivity contribution in [2.24, 2.45) is 0 Å². The molecule has 16 heavy (non-hydrogen) atoms. The monoisotopic (exact) mass is 216 g/mol. The van der Waals surface area contributed by atoms with E-state index in [2.05, 4.69) is 53.5 Å². The molecule has 1 N–H and O–H groups in total. The van der Waals surface area contributed by atoms with Gasteiger partial charge in [0.2, 0.25) is 0 Å². The molecule has 1 aliphatic rings. The van der Waals surface area contributed by atoms with E-state index in [1.165, 1.54) is 17.7 Å². The lowest BCUT2D eigenvalue weighted by molar-refractivity contribution is 0.361. The Morgan fingerprint density at radius 2 is 2.19 bits per heavy atom. The summed E-state index contributed by atoms with van der Waals surface area (Å²) in [6, 6.07) is 10.7. The second-order valence-corrected chi connectivity index (χ2v) is 4.32. The molecule has 0 atom stereocenters. The molecule has 1 aliphatic heterocycles. The Bertz CT molecular complexity index is 337. The molecule has 1 aromatic rings. The zero-order valence-corrected chi connectivity index (χ0v) is 9.95. The van der Waals surface area contributed by atoms with Gasteiger partial charge < -0.3 is 5.32 Å². The third-order valence-corrected chi connectivity index (χ3v) is 3.05. The topological polar surface area (TPSA) is 15.3 Å². The van der Waals surface area contributed by atoms with Crippen LogP contribution < -0.4 is 5.32 Å². The molecule has 0 bridgehead atoms. The second kappa shape index (κ2) is 5.83. The minimum absolute atomic E-state index is 1.03. The van der Waals surface area contributed by atoms with Crippen LogP contribution in [0.4, 0.5) is 0 Å². The maximum Gasteiger partial charge on any atom is 0.0484 e. The number of benzene rings is 1. The summed E-state index contributed by atoms with van der Waals surface area (Å²) in [6.45, 7) is 6.57. The highest BCUT2D eigenvalue weighted by Crippen LogP contribution is 2.10. The molecule has 86 valence electrons. The van der Waals surface area contributed by atoms with Crippen LogP contribution in [0.25, 0.3) is 0 Å². The number of hydrogen-bond acceptors (Lipinski definition) is 2. The maximum atomic E-state index is 3.36. The van der Waals surface area contributed by atoms with Gasteiger partial charge in [-0.25, -0.2) is 0 Å². The van der Waals surface area contributed by atoms with Gasteiger partial charge in [-0.15, -0.1) is 0 Å². The molecule has 1 aromatic carbocycles. The van der Waals surface area contributed by atoms with Crippen LogP contribution in [-0.4, -0.2) is 31.2 Å². The van der Waals surface area contributed by atoms with Gasteiger partial charge in [-0.3, -0.25) is 4.90 Å². The molecule has 1 heterocycles. The number of hydrogen-bond donors (Lipinski definition) is 1. The van der Waals surface area contributed by atoms with Crippen LogP contribution in [0.2, 0.25) is 0 Å². The van der Waals surface area contributed by atoms with Crippen molar-refractivity contribution < 1.29 is 0 Å². The van der Waals surface area contributed by atoms with E-state index in [1.807, 2.05) is 0 Å². The molecule has 2 heteroatoms. The highest BCUT2D eigenvalue weighted by atomic mass is 15.3. The van der Waals surface area contributed by atoms with Crippen LogP contribution in [0, 0.1) is 0 Å². The van der Waals surface area contributed by atoms with E-state index in [9.17, 15) is 0 Å². The summed E-state index contributed by atoms with van der Waals surface area (Å²) in [5, 5.41) is 3.36. The quantitative estimate of drug-likeness (QED) is 0.775. The molecule has 0 aliphatic carbocycles. The lowest BCUT2D eigenvalue weighted by atomic mass is 10.0. The molecule has 2 nitrogen and oxygen atoms in total. The van der Waals surface area contributed by atoms with E-state index < -0.39 is 0 Å². The van der Waals surface area contributed by atoms with Crippen molar-refractivity contribution in [3.8, 4) is 0 Å². The van der Waals surface area contributed by atoms with Crippen molar-refractivity contribution in [2.45, 2.75) is 13.3 Å². The highest BCUT2D eigenvalue weighted by Gasteiger charge is 2.11. The molecule has 1 saturated heterocycles. The number of rotatable bonds is 4. The van der Waals surface area contributed by atoms with Crippen LogP contribution in [0.5, 0.6) is 0 Å². The molecule has 0 radical (unpaired) electrons. The minimum Gasteiger partial charge on any atom is -0.303 e. The molecule has 2 rings (SSSR count). The standard InChI is InChI=1S/C14H20N2/c1-2-13(11-16-9-8-15-12-16)10-14-6-4-3-5-7-14/h2-7,15H,8-12H2,1H3/b13-2-. The van der Waals surface area contributed by atoms with Gasteiger partial charge in [-0.05, 0) is 18.9 Å². The fourth-order valence-corrected chi connectivity index (χ4v) is 2.08. The minimum atomic E-state index is 1.03. The predicted molar refractivity (Wildman–Crippen MR) is 68.3 cm³/mol. The molecule has 1 fully saturated rings. The summed E-state index contributed by atoms with van der Waals surface area (Å²) in [5.74, 6) is 0. The van der Waals surface area contributed by atoms with Crippen LogP contribution >= 0.6 is 0 Å². The summed E-state index contributed by atoms with van der Waals surface area (Å²) < 4.78 is 0. The number of nitrogens with zero attached hydrogens (tertiary/aromatic N) is 1. The number of nitrogens with one attached hydrogen (secondary N) is 1. The van der Waals surface area contributed by atoms with E-state index in [1.54, 1.807) is 0 Å². The Morgan fingerprint density at radius 1 is 1.38 bits per heavy atom. The summed E-state index contributed by atoms with van der Waals surface area (Å²) in [6.07, 6.45) is 3.33. The van der Waals surface area contributed by atoms with Crippen LogP contribution in [0.1, 0.15) is 12.5 Å². The first-order valence-electron chi connectivity index (χ1n) is 5.99. The summed E-state index contributed by atoms with van der Waals surface area (Å²) >= 11 is 0. The second-order valence-electron chi connectivity index (χ2n) is 4.32. The largest absolute Gasteiger partial charge is 0.303 e. The van der Waals surface area contributed by atoms with Gasteiger partial charge in [-0.2, -0.15) is 0 Å². The molecule has 0 amide bonds. The summed E-state index contributed by atoms with van der Waals surface area (Å²) in [7, 11) is 0. The zero-order chi connectivity index (χ0) is 11.2. The van der Waals surface area contributed by atoms with Crippen molar-refractivity contribution in [3.05, 3.63) is 47.5 Å². The van der Waals surface area contributed by atoms with Crippen molar-refractivity contribution in [1.29, 1.82) is 0 Å². The first-order valence-corrected chi connectivity index (χ1v) is 5.99. The van der Waals surface area contributed by atoms with Crippen molar-refractivity contribution in [2.75, 3.05) is 26.3 Å². The smallest absolute Gasteiger partial charge is 0.0484 e. The summed E-state index contributed by atoms with van der Waals surface area (Å²) in [4.78, 5) is 2.46. The summed E-state index contributed by atoms with van der Waals surface area (Å²) in [5.41, 5.74) is 2.91. The van der Waals surface area contributed by atoms with Crippen LogP contribution in [0.15, 0.2) is 42.0 Å². The van der Waals surface area contributed by atoms with E-state index in [4.69, 9.17) is 0 Å². The van der Waals surface area contributed by atoms with Crippen LogP contribution in [-0.2, 0) is 6.42 Å². The fraction of sp³-hybridized carbons (Fsp3) is 0.429. The Kier molecular flexibility index (Phi) is 4.14. The van der Waals surface area contributed by atoms with Gasteiger partial charge in [0.25, 0.3) is 0 Å². The lowest BCUT2D eigenvalue weighted by Crippen LogP contribution is -2.25. The van der Waals surface area contributed by atoms with Gasteiger partial charge in [0, 0.05) is 26.3 Å². The molecular formula is C14H20N2. The zero-order valence-electron chi connectivity index (χ0n) is 9.95. The Labute approximate surface area is 98.0 Å².